The van der Waals surface area contributed by atoms with Gasteiger partial charge in [0.05, 0.1) is 5.56 Å². The number of amides is 1. The Balaban J connectivity index is 1.26. The maximum absolute atomic E-state index is 13.6. The number of carbonyl (C=O) groups excluding carboxylic acids is 2. The second kappa shape index (κ2) is 11.3. The lowest BCUT2D eigenvalue weighted by atomic mass is 9.76. The SMILES string of the molecule is N#Cc1ccc(C(=O)C2CC3CCCC(C2)N3C(=O)OCc2ccccc2)cc1OCc1ccccc1. The quantitative estimate of drug-likeness (QED) is 0.361. The summed E-state index contributed by atoms with van der Waals surface area (Å²) in [5.41, 5.74) is 2.89. The molecule has 2 bridgehead atoms. The van der Waals surface area contributed by atoms with Gasteiger partial charge in [-0.25, -0.2) is 4.79 Å². The van der Waals surface area contributed by atoms with Crippen LogP contribution in [-0.2, 0) is 18.0 Å². The van der Waals surface area contributed by atoms with Crippen molar-refractivity contribution in [3.8, 4) is 11.8 Å². The van der Waals surface area contributed by atoms with Gasteiger partial charge in [-0.15, -0.1) is 0 Å². The summed E-state index contributed by atoms with van der Waals surface area (Å²) in [6.45, 7) is 0.565. The van der Waals surface area contributed by atoms with E-state index in [-0.39, 0.29) is 36.5 Å². The molecule has 5 rings (SSSR count). The number of nitrogens with zero attached hydrogens (tertiary/aromatic N) is 2. The van der Waals surface area contributed by atoms with Crippen molar-refractivity contribution in [1.82, 2.24) is 4.90 Å². The van der Waals surface area contributed by atoms with Crippen LogP contribution in [0.25, 0.3) is 0 Å². The number of benzene rings is 3. The van der Waals surface area contributed by atoms with Crippen LogP contribution < -0.4 is 4.74 Å². The first-order chi connectivity index (χ1) is 18.1. The second-order valence-corrected chi connectivity index (χ2v) is 9.82. The summed E-state index contributed by atoms with van der Waals surface area (Å²) in [7, 11) is 0. The van der Waals surface area contributed by atoms with Gasteiger partial charge in [-0.3, -0.25) is 4.79 Å². The number of fused-ring (bicyclic) bond motifs is 2. The van der Waals surface area contributed by atoms with Gasteiger partial charge < -0.3 is 14.4 Å². The molecule has 0 N–H and O–H groups in total. The van der Waals surface area contributed by atoms with E-state index in [9.17, 15) is 14.9 Å². The van der Waals surface area contributed by atoms with Crippen LogP contribution >= 0.6 is 0 Å². The number of rotatable bonds is 7. The van der Waals surface area contributed by atoms with E-state index in [4.69, 9.17) is 9.47 Å². The predicted octanol–water partition coefficient (Wildman–Crippen LogP) is 6.29. The fourth-order valence-electron chi connectivity index (χ4n) is 5.55. The van der Waals surface area contributed by atoms with Crippen molar-refractivity contribution < 1.29 is 19.1 Å². The molecule has 2 atom stereocenters. The Labute approximate surface area is 217 Å². The first-order valence-electron chi connectivity index (χ1n) is 12.9. The lowest BCUT2D eigenvalue weighted by molar-refractivity contribution is 0.00472. The van der Waals surface area contributed by atoms with E-state index in [1.807, 2.05) is 65.6 Å². The molecule has 2 aliphatic heterocycles. The summed E-state index contributed by atoms with van der Waals surface area (Å²) in [4.78, 5) is 28.5. The highest BCUT2D eigenvalue weighted by atomic mass is 16.6. The Morgan fingerprint density at radius 1 is 0.865 bits per heavy atom. The number of carbonyl (C=O) groups is 2. The summed E-state index contributed by atoms with van der Waals surface area (Å²) >= 11 is 0. The molecule has 2 heterocycles. The van der Waals surface area contributed by atoms with E-state index in [0.29, 0.717) is 36.3 Å². The topological polar surface area (TPSA) is 79.6 Å². The van der Waals surface area contributed by atoms with Gasteiger partial charge in [-0.2, -0.15) is 5.26 Å². The molecule has 0 saturated carbocycles. The Hall–Kier alpha value is -4.11. The lowest BCUT2D eigenvalue weighted by Crippen LogP contribution is -2.55. The average molecular weight is 495 g/mol. The maximum Gasteiger partial charge on any atom is 0.410 e. The zero-order valence-electron chi connectivity index (χ0n) is 20.7. The van der Waals surface area contributed by atoms with Gasteiger partial charge in [0.1, 0.15) is 25.0 Å². The Bertz CT molecular complexity index is 1270. The number of hydrogen-bond acceptors (Lipinski definition) is 5. The van der Waals surface area contributed by atoms with Crippen LogP contribution in [0, 0.1) is 17.2 Å². The first kappa shape index (κ1) is 24.6. The molecule has 188 valence electrons. The number of nitriles is 1. The van der Waals surface area contributed by atoms with Crippen LogP contribution in [0.4, 0.5) is 4.79 Å². The number of hydrogen-bond donors (Lipinski definition) is 0. The third-order valence-electron chi connectivity index (χ3n) is 7.39. The van der Waals surface area contributed by atoms with Crippen molar-refractivity contribution in [3.05, 3.63) is 101 Å². The summed E-state index contributed by atoms with van der Waals surface area (Å²) in [6, 6.07) is 26.6. The summed E-state index contributed by atoms with van der Waals surface area (Å²) in [5.74, 6) is 0.283. The largest absolute Gasteiger partial charge is 0.487 e. The fourth-order valence-corrected chi connectivity index (χ4v) is 5.55. The standard InChI is InChI=1S/C31H30N2O4/c32-19-25-15-14-24(18-29(25)36-20-22-8-3-1-4-9-22)30(34)26-16-27-12-7-13-28(17-26)33(27)31(35)37-21-23-10-5-2-6-11-23/h1-6,8-11,14-15,18,26-28H,7,12-13,16-17,20-21H2. The monoisotopic (exact) mass is 494 g/mol. The minimum Gasteiger partial charge on any atom is -0.487 e. The van der Waals surface area contributed by atoms with Crippen molar-refractivity contribution in [2.24, 2.45) is 5.92 Å². The van der Waals surface area contributed by atoms with E-state index < -0.39 is 0 Å². The molecule has 0 aromatic heterocycles. The summed E-state index contributed by atoms with van der Waals surface area (Å²) in [5, 5.41) is 9.54. The highest BCUT2D eigenvalue weighted by Crippen LogP contribution is 2.39. The minimum atomic E-state index is -0.292. The predicted molar refractivity (Wildman–Crippen MR) is 139 cm³/mol. The first-order valence-corrected chi connectivity index (χ1v) is 12.9. The van der Waals surface area contributed by atoms with E-state index in [1.165, 1.54) is 0 Å². The number of piperidine rings is 2. The molecule has 6 heteroatoms. The number of ether oxygens (including phenoxy) is 2. The molecular weight excluding hydrogens is 464 g/mol. The smallest absolute Gasteiger partial charge is 0.410 e. The number of ketones is 1. The van der Waals surface area contributed by atoms with E-state index >= 15 is 0 Å². The third-order valence-corrected chi connectivity index (χ3v) is 7.39. The van der Waals surface area contributed by atoms with Gasteiger partial charge in [-0.05, 0) is 61.4 Å². The molecule has 1 amide bonds. The van der Waals surface area contributed by atoms with Gasteiger partial charge in [-0.1, -0.05) is 60.7 Å². The minimum absolute atomic E-state index is 0.00286. The van der Waals surface area contributed by atoms with E-state index in [0.717, 1.165) is 30.4 Å². The lowest BCUT2D eigenvalue weighted by Gasteiger charge is -2.47. The molecular formula is C31H30N2O4. The molecule has 2 fully saturated rings. The van der Waals surface area contributed by atoms with Gasteiger partial charge >= 0.3 is 6.09 Å². The second-order valence-electron chi connectivity index (χ2n) is 9.82. The van der Waals surface area contributed by atoms with Crippen molar-refractivity contribution in [2.45, 2.75) is 57.4 Å². The third kappa shape index (κ3) is 5.67. The van der Waals surface area contributed by atoms with Crippen LogP contribution in [0.2, 0.25) is 0 Å². The van der Waals surface area contributed by atoms with Crippen LogP contribution in [-0.4, -0.2) is 28.9 Å². The van der Waals surface area contributed by atoms with Gasteiger partial charge in [0.15, 0.2) is 5.78 Å². The Morgan fingerprint density at radius 2 is 1.49 bits per heavy atom. The molecule has 2 unspecified atom stereocenters. The van der Waals surface area contributed by atoms with E-state index in [1.54, 1.807) is 18.2 Å². The molecule has 37 heavy (non-hydrogen) atoms. The molecule has 6 nitrogen and oxygen atoms in total. The molecule has 0 radical (unpaired) electrons. The van der Waals surface area contributed by atoms with Crippen LogP contribution in [0.15, 0.2) is 78.9 Å². The molecule has 2 saturated heterocycles. The molecule has 3 aromatic carbocycles. The summed E-state index contributed by atoms with van der Waals surface area (Å²) < 4.78 is 11.6. The van der Waals surface area contributed by atoms with Gasteiger partial charge in [0.2, 0.25) is 0 Å². The maximum atomic E-state index is 13.6. The molecule has 0 aliphatic carbocycles. The van der Waals surface area contributed by atoms with Crippen molar-refractivity contribution in [2.75, 3.05) is 0 Å². The average Bonchev–Trinajstić information content (AvgIpc) is 2.94. The highest BCUT2D eigenvalue weighted by molar-refractivity contribution is 5.98. The van der Waals surface area contributed by atoms with Gasteiger partial charge in [0, 0.05) is 23.6 Å². The Kier molecular flexibility index (Phi) is 7.51. The molecule has 2 aliphatic rings. The van der Waals surface area contributed by atoms with E-state index in [2.05, 4.69) is 6.07 Å². The highest BCUT2D eigenvalue weighted by Gasteiger charge is 2.43. The number of Topliss-reactive ketones (excluding diaryl/α,β-unsaturated/α-hetero) is 1. The fraction of sp³-hybridized carbons (Fsp3) is 0.323. The Morgan fingerprint density at radius 3 is 2.11 bits per heavy atom. The van der Waals surface area contributed by atoms with Crippen LogP contribution in [0.1, 0.15) is 59.2 Å². The van der Waals surface area contributed by atoms with Crippen molar-refractivity contribution >= 4 is 11.9 Å². The van der Waals surface area contributed by atoms with Crippen LogP contribution in [0.3, 0.4) is 0 Å². The zero-order chi connectivity index (χ0) is 25.6. The van der Waals surface area contributed by atoms with Gasteiger partial charge in [0.25, 0.3) is 0 Å². The zero-order valence-corrected chi connectivity index (χ0v) is 20.7. The van der Waals surface area contributed by atoms with Crippen LogP contribution in [0.5, 0.6) is 5.75 Å². The normalized spacial score (nSPS) is 20.5. The van der Waals surface area contributed by atoms with Crippen molar-refractivity contribution in [1.29, 1.82) is 5.26 Å². The summed E-state index contributed by atoms with van der Waals surface area (Å²) in [6.07, 6.45) is 3.75. The molecule has 3 aromatic rings. The van der Waals surface area contributed by atoms with Crippen molar-refractivity contribution in [3.63, 3.8) is 0 Å². The molecule has 0 spiro atoms.